The topological polar surface area (TPSA) is 16.3 Å². The van der Waals surface area contributed by atoms with Gasteiger partial charge in [0.1, 0.15) is 0 Å². The van der Waals surface area contributed by atoms with Crippen LogP contribution in [0.3, 0.4) is 0 Å². The Morgan fingerprint density at radius 3 is 1.35 bits per heavy atom. The molecule has 0 saturated carbocycles. The Hall–Kier alpha value is -6.52. The van der Waals surface area contributed by atoms with Crippen molar-refractivity contribution < 1.29 is 0 Å². The Morgan fingerprint density at radius 1 is 0.442 bits per heavy atom. The highest BCUT2D eigenvalue weighted by Gasteiger charge is 2.24. The summed E-state index contributed by atoms with van der Waals surface area (Å²) < 4.78 is 4.85. The molecule has 0 radical (unpaired) electrons. The first-order chi connectivity index (χ1) is 25.7. The van der Waals surface area contributed by atoms with E-state index in [9.17, 15) is 0 Å². The maximum Gasteiger partial charge on any atom is 0.0742 e. The number of aromatic nitrogens is 2. The summed E-state index contributed by atoms with van der Waals surface area (Å²) in [7, 11) is 4.48. The van der Waals surface area contributed by atoms with Gasteiger partial charge in [-0.2, -0.15) is 0 Å². The molecule has 52 heavy (non-hydrogen) atoms. The number of nitrogens with zero attached hydrogens (tertiary/aromatic N) is 4. The zero-order chi connectivity index (χ0) is 34.8. The van der Waals surface area contributed by atoms with Gasteiger partial charge in [-0.05, 0) is 90.4 Å². The number of aryl methyl sites for hydroxylation is 2. The van der Waals surface area contributed by atoms with Gasteiger partial charge >= 0.3 is 0 Å². The van der Waals surface area contributed by atoms with Crippen LogP contribution in [-0.4, -0.2) is 9.13 Å². The number of benzene rings is 7. The van der Waals surface area contributed by atoms with Crippen LogP contribution in [0.25, 0.3) is 54.4 Å². The van der Waals surface area contributed by atoms with E-state index in [4.69, 9.17) is 0 Å². The number of hydrogen-bond acceptors (Lipinski definition) is 2. The van der Waals surface area contributed by atoms with E-state index in [0.717, 1.165) is 29.9 Å². The van der Waals surface area contributed by atoms with E-state index in [0.29, 0.717) is 0 Å². The minimum Gasteiger partial charge on any atom is -0.342 e. The van der Waals surface area contributed by atoms with Gasteiger partial charge in [-0.1, -0.05) is 103 Å². The fourth-order valence-electron chi connectivity index (χ4n) is 8.58. The maximum atomic E-state index is 2.43. The SMILES string of the molecule is Cn1c2cc(N(C3=CC=CCC3)c3ccccc3)ccc2c2c3ccccc3c3c4ccc(N(c5ccccc5)c5ccccc5)cc4n(C)c3c21. The molecule has 7 aromatic carbocycles. The lowest BCUT2D eigenvalue weighted by Crippen LogP contribution is -2.17. The monoisotopic (exact) mass is 670 g/mol. The first-order valence-electron chi connectivity index (χ1n) is 18.1. The molecule has 0 spiro atoms. The first-order valence-corrected chi connectivity index (χ1v) is 18.1. The van der Waals surface area contributed by atoms with E-state index in [1.165, 1.54) is 71.5 Å². The van der Waals surface area contributed by atoms with Crippen molar-refractivity contribution in [2.75, 3.05) is 9.80 Å². The zero-order valence-electron chi connectivity index (χ0n) is 29.4. The Kier molecular flexibility index (Phi) is 7.03. The normalized spacial score (nSPS) is 13.1. The fraction of sp³-hybridized carbons (Fsp3) is 0.0833. The number of rotatable bonds is 6. The second-order valence-electron chi connectivity index (χ2n) is 13.8. The molecule has 0 unspecified atom stereocenters. The minimum absolute atomic E-state index is 1.01. The van der Waals surface area contributed by atoms with Crippen molar-refractivity contribution in [3.8, 4) is 0 Å². The maximum absolute atomic E-state index is 2.43. The van der Waals surface area contributed by atoms with Gasteiger partial charge in [-0.15, -0.1) is 0 Å². The molecular formula is C48H38N4. The lowest BCUT2D eigenvalue weighted by atomic mass is 9.98. The molecule has 2 heterocycles. The number of fused-ring (bicyclic) bond motifs is 10. The highest BCUT2D eigenvalue weighted by molar-refractivity contribution is 6.36. The smallest absolute Gasteiger partial charge is 0.0742 e. The van der Waals surface area contributed by atoms with Crippen molar-refractivity contribution in [3.05, 3.63) is 176 Å². The summed E-state index contributed by atoms with van der Waals surface area (Å²) in [4.78, 5) is 4.77. The van der Waals surface area contributed by atoms with Gasteiger partial charge in [-0.3, -0.25) is 0 Å². The third kappa shape index (κ3) is 4.61. The van der Waals surface area contributed by atoms with Crippen LogP contribution in [0.1, 0.15) is 12.8 Å². The van der Waals surface area contributed by atoms with Crippen molar-refractivity contribution in [1.82, 2.24) is 9.13 Å². The van der Waals surface area contributed by atoms with Crippen LogP contribution in [-0.2, 0) is 14.1 Å². The van der Waals surface area contributed by atoms with Gasteiger partial charge in [0.25, 0.3) is 0 Å². The Bertz CT molecular complexity index is 2820. The van der Waals surface area contributed by atoms with E-state index in [-0.39, 0.29) is 0 Å². The van der Waals surface area contributed by atoms with Crippen LogP contribution < -0.4 is 9.80 Å². The summed E-state index contributed by atoms with van der Waals surface area (Å²) in [6, 6.07) is 55.1. The van der Waals surface area contributed by atoms with E-state index in [1.807, 2.05) is 0 Å². The van der Waals surface area contributed by atoms with Gasteiger partial charge in [0, 0.05) is 69.8 Å². The Labute approximate surface area is 303 Å². The average Bonchev–Trinajstić information content (AvgIpc) is 3.66. The van der Waals surface area contributed by atoms with E-state index >= 15 is 0 Å². The van der Waals surface area contributed by atoms with E-state index < -0.39 is 0 Å². The second kappa shape index (κ2) is 12.1. The molecule has 0 bridgehead atoms. The van der Waals surface area contributed by atoms with Gasteiger partial charge in [0.15, 0.2) is 0 Å². The second-order valence-corrected chi connectivity index (χ2v) is 13.8. The van der Waals surface area contributed by atoms with Crippen molar-refractivity contribution in [2.24, 2.45) is 14.1 Å². The molecule has 4 heteroatoms. The van der Waals surface area contributed by atoms with Gasteiger partial charge in [0.05, 0.1) is 22.1 Å². The van der Waals surface area contributed by atoms with Crippen LogP contribution in [0.15, 0.2) is 176 Å². The highest BCUT2D eigenvalue weighted by Crippen LogP contribution is 2.46. The summed E-state index contributed by atoms with van der Waals surface area (Å²) in [5.74, 6) is 0. The molecule has 0 atom stereocenters. The fourth-order valence-corrected chi connectivity index (χ4v) is 8.58. The summed E-state index contributed by atoms with van der Waals surface area (Å²) in [6.45, 7) is 0. The van der Waals surface area contributed by atoms with Gasteiger partial charge in [0.2, 0.25) is 0 Å². The number of anilines is 5. The molecule has 10 rings (SSSR count). The quantitative estimate of drug-likeness (QED) is 0.175. The van der Waals surface area contributed by atoms with Crippen LogP contribution in [0.4, 0.5) is 28.4 Å². The molecule has 250 valence electrons. The van der Waals surface area contributed by atoms with Crippen molar-refractivity contribution in [1.29, 1.82) is 0 Å². The van der Waals surface area contributed by atoms with Crippen molar-refractivity contribution in [2.45, 2.75) is 12.8 Å². The van der Waals surface area contributed by atoms with Crippen molar-refractivity contribution in [3.63, 3.8) is 0 Å². The number of allylic oxidation sites excluding steroid dienone is 4. The zero-order valence-corrected chi connectivity index (χ0v) is 29.4. The first kappa shape index (κ1) is 30.3. The highest BCUT2D eigenvalue weighted by atomic mass is 15.2. The van der Waals surface area contributed by atoms with Crippen LogP contribution >= 0.6 is 0 Å². The third-order valence-corrected chi connectivity index (χ3v) is 10.9. The molecule has 0 saturated heterocycles. The molecule has 2 aromatic heterocycles. The molecule has 9 aromatic rings. The van der Waals surface area contributed by atoms with Crippen LogP contribution in [0.2, 0.25) is 0 Å². The molecule has 1 aliphatic rings. The number of hydrogen-bond donors (Lipinski definition) is 0. The molecular weight excluding hydrogens is 633 g/mol. The van der Waals surface area contributed by atoms with Crippen LogP contribution in [0, 0.1) is 0 Å². The van der Waals surface area contributed by atoms with Crippen LogP contribution in [0.5, 0.6) is 0 Å². The summed E-state index contributed by atoms with van der Waals surface area (Å²) in [6.07, 6.45) is 8.77. The van der Waals surface area contributed by atoms with Gasteiger partial charge < -0.3 is 18.9 Å². The summed E-state index contributed by atoms with van der Waals surface area (Å²) in [5, 5.41) is 7.71. The molecule has 0 amide bonds. The Balaban J connectivity index is 1.25. The largest absolute Gasteiger partial charge is 0.342 e. The molecule has 0 N–H and O–H groups in total. The lowest BCUT2D eigenvalue weighted by Gasteiger charge is -2.29. The molecule has 0 aliphatic heterocycles. The van der Waals surface area contributed by atoms with Crippen molar-refractivity contribution >= 4 is 82.8 Å². The van der Waals surface area contributed by atoms with E-state index in [1.54, 1.807) is 0 Å². The predicted octanol–water partition coefficient (Wildman–Crippen LogP) is 13.0. The third-order valence-electron chi connectivity index (χ3n) is 10.9. The molecule has 4 nitrogen and oxygen atoms in total. The molecule has 0 fully saturated rings. The lowest BCUT2D eigenvalue weighted by molar-refractivity contribution is 0.917. The minimum atomic E-state index is 1.01. The molecule has 1 aliphatic carbocycles. The average molecular weight is 671 g/mol. The van der Waals surface area contributed by atoms with E-state index in [2.05, 4.69) is 203 Å². The standard InChI is InChI=1S/C48H38N4/c1-49-43-31-37(51(33-17-7-3-8-18-33)34-19-9-4-10-20-34)27-29-41(43)45-39-25-15-16-26-40(39)46-42-30-28-38(32-44(42)50(2)48(46)47(45)49)52(35-21-11-5-12-22-35)36-23-13-6-14-24-36/h3-13,15-23,25-32H,14,24H2,1-2H3. The summed E-state index contributed by atoms with van der Waals surface area (Å²) >= 11 is 0. The van der Waals surface area contributed by atoms with Gasteiger partial charge in [-0.25, -0.2) is 0 Å². The Morgan fingerprint density at radius 2 is 0.885 bits per heavy atom. The summed E-state index contributed by atoms with van der Waals surface area (Å²) in [5.41, 5.74) is 12.0. The number of para-hydroxylation sites is 3. The predicted molar refractivity (Wildman–Crippen MR) is 222 cm³/mol.